The van der Waals surface area contributed by atoms with E-state index in [2.05, 4.69) is 60.1 Å². The molecule has 26 N–H and O–H groups in total. The molecule has 0 aliphatic carbocycles. The number of halogens is 1. The number of carboxylic acids is 1. The summed E-state index contributed by atoms with van der Waals surface area (Å²) >= 11 is 0. The number of likely N-dealkylation sites (tertiary alicyclic amines) is 2. The standard InChI is InChI=1S/C77H128N16O26.ClH/c1-10-11-12-13-14-15-16-17-18-19-20-23-48(119-77(117)40(4)22-21-28-78)34-57(103)86-62(43(7)95)72(112)83-41(5)68(108)85-50(32-46-24-25-54(118-38-59(105)106)49(31-46)84-56(102)26-29-79)69(109)88-60(39(2)3)75(115)93-37-47(98)33-51(93)70(110)89-63(44(8)96)73(113)90-64(45(9)97)76(116)92-30-27-52(99)66(92)74(114)91-65(53(100)35-55(80)101)71(111)82-36-58(104)87-61(42(6)94)67(81)107;/h24-25,31,39-45,47-48,50-53,60-66,94-100H,10-23,26-30,32-38,78-79H2,1-9H3,(H2,80,101)(H2,81,107)(H,82,111)(H,83,112)(H,84,102)(H,85,108)(H,86,103)(H,87,104)(H,88,109)(H,89,110)(H,90,113)(H,91,114)(H,105,106);1H/t40-,41-,42+,43+,44+,45+,47+,48+,50-,51-,52-,53+,60-,61-,62-,63+,64-,65-,66-;/m0./s1. The molecule has 0 saturated carbocycles. The second-order valence-corrected chi connectivity index (χ2v) is 30.8. The van der Waals surface area contributed by atoms with Gasteiger partial charge < -0.3 is 136 Å². The normalized spacial score (nSPS) is 18.8. The van der Waals surface area contributed by atoms with Crippen LogP contribution in [-0.4, -0.2) is 294 Å². The average molecular weight is 1730 g/mol. The van der Waals surface area contributed by atoms with Gasteiger partial charge in [0.05, 0.1) is 73.7 Å². The van der Waals surface area contributed by atoms with Crippen LogP contribution in [0.25, 0.3) is 0 Å². The largest absolute Gasteiger partial charge is 0.480 e. The molecule has 2 aliphatic rings. The van der Waals surface area contributed by atoms with Gasteiger partial charge in [0, 0.05) is 38.9 Å². The highest BCUT2D eigenvalue weighted by molar-refractivity contribution is 6.01. The smallest absolute Gasteiger partial charge is 0.341 e. The Morgan fingerprint density at radius 2 is 1.11 bits per heavy atom. The molecule has 0 radical (unpaired) electrons. The number of benzene rings is 1. The van der Waals surface area contributed by atoms with E-state index in [0.717, 1.165) is 57.8 Å². The number of carboxylic acid groups (broad SMARTS) is 1. The summed E-state index contributed by atoms with van der Waals surface area (Å²) in [5, 5.41) is 109. The highest BCUT2D eigenvalue weighted by Gasteiger charge is 2.48. The van der Waals surface area contributed by atoms with Crippen LogP contribution in [0, 0.1) is 11.8 Å². The van der Waals surface area contributed by atoms with E-state index in [9.17, 15) is 118 Å². The van der Waals surface area contributed by atoms with Crippen molar-refractivity contribution in [2.45, 2.75) is 300 Å². The molecular formula is C77H129ClN16O26. The predicted octanol–water partition coefficient (Wildman–Crippen LogP) is -5.38. The van der Waals surface area contributed by atoms with Crippen LogP contribution in [-0.2, 0) is 87.9 Å². The molecule has 2 heterocycles. The van der Waals surface area contributed by atoms with Gasteiger partial charge in [0.25, 0.3) is 0 Å². The van der Waals surface area contributed by atoms with Crippen molar-refractivity contribution in [3.63, 3.8) is 0 Å². The number of nitrogens with one attached hydrogen (secondary N) is 10. The summed E-state index contributed by atoms with van der Waals surface area (Å²) in [4.78, 5) is 219. The van der Waals surface area contributed by atoms with Crippen LogP contribution in [0.4, 0.5) is 5.69 Å². The fourth-order valence-corrected chi connectivity index (χ4v) is 13.3. The Hall–Kier alpha value is -9.53. The Morgan fingerprint density at radius 1 is 0.558 bits per heavy atom. The van der Waals surface area contributed by atoms with Crippen molar-refractivity contribution in [1.29, 1.82) is 0 Å². The van der Waals surface area contributed by atoms with Gasteiger partial charge >= 0.3 is 11.9 Å². The highest BCUT2D eigenvalue weighted by Crippen LogP contribution is 2.29. The maximum atomic E-state index is 15.0. The highest BCUT2D eigenvalue weighted by atomic mass is 35.5. The van der Waals surface area contributed by atoms with Crippen LogP contribution in [0.15, 0.2) is 18.2 Å². The first-order valence-corrected chi connectivity index (χ1v) is 40.5. The zero-order valence-corrected chi connectivity index (χ0v) is 70.5. The third-order valence-electron chi connectivity index (χ3n) is 20.0. The third-order valence-corrected chi connectivity index (χ3v) is 20.0. The van der Waals surface area contributed by atoms with Crippen molar-refractivity contribution in [2.24, 2.45) is 34.8 Å². The van der Waals surface area contributed by atoms with E-state index in [-0.39, 0.29) is 48.8 Å². The summed E-state index contributed by atoms with van der Waals surface area (Å²) in [6, 6.07) is -14.4. The van der Waals surface area contributed by atoms with Gasteiger partial charge in [-0.25, -0.2) is 4.79 Å². The molecule has 0 unspecified atom stereocenters. The molecule has 680 valence electrons. The average Bonchev–Trinajstić information content (AvgIpc) is 1.65. The number of primary amides is 2. The number of ether oxygens (including phenoxy) is 2. The van der Waals surface area contributed by atoms with Gasteiger partial charge in [-0.05, 0) is 96.9 Å². The van der Waals surface area contributed by atoms with Crippen LogP contribution in [0.3, 0.4) is 0 Å². The number of aliphatic hydroxyl groups excluding tert-OH is 7. The number of esters is 1. The number of aliphatic hydroxyl groups is 7. The zero-order valence-electron chi connectivity index (χ0n) is 69.7. The molecule has 2 saturated heterocycles. The quantitative estimate of drug-likeness (QED) is 0.0214. The fraction of sp³-hybridized carbons (Fsp3) is 0.714. The molecule has 3 rings (SSSR count). The minimum atomic E-state index is -2.16. The SMILES string of the molecule is CCCCCCCCCCCCC[C@H](CC(=O)N[C@H](C(=O)N[C@@H](C)C(=O)N[C@@H](Cc1ccc(OCC(=O)O)c(NC(=O)CCN)c1)C(=O)N[C@H](C(=O)N1C[C@H](O)C[C@H]1C(=O)N[C@@H](C(=O)N[C@H](C(=O)N1CC[C@H](O)[C@H]1C(=O)N[C@H](C(=O)NCC(=O)N[C@H](C(N)=O)[C@@H](C)O)[C@H](O)CC(N)=O)[C@@H](C)O)[C@@H](C)O)C(C)C)[C@@H](C)O)OC(=O)[C@@H](C)CCCN.Cl. The van der Waals surface area contributed by atoms with Gasteiger partial charge in [-0.3, -0.25) is 71.9 Å². The molecule has 0 aromatic heterocycles. The number of amides is 14. The summed E-state index contributed by atoms with van der Waals surface area (Å²) < 4.78 is 11.3. The monoisotopic (exact) mass is 1730 g/mol. The van der Waals surface area contributed by atoms with Gasteiger partial charge in [0.1, 0.15) is 72.3 Å². The summed E-state index contributed by atoms with van der Waals surface area (Å²) in [5.74, 6) is -19.2. The van der Waals surface area contributed by atoms with Gasteiger partial charge in [0.15, 0.2) is 6.61 Å². The topological polar surface area (TPSA) is 684 Å². The summed E-state index contributed by atoms with van der Waals surface area (Å²) in [7, 11) is 0. The maximum Gasteiger partial charge on any atom is 0.341 e. The lowest BCUT2D eigenvalue weighted by molar-refractivity contribution is -0.156. The van der Waals surface area contributed by atoms with Crippen molar-refractivity contribution in [2.75, 3.05) is 44.6 Å². The Bertz CT molecular complexity index is 3580. The molecule has 2 aliphatic heterocycles. The molecule has 42 nitrogen and oxygen atoms in total. The van der Waals surface area contributed by atoms with E-state index in [0.29, 0.717) is 37.1 Å². The Labute approximate surface area is 703 Å². The van der Waals surface area contributed by atoms with Crippen molar-refractivity contribution < 1.29 is 127 Å². The first-order valence-electron chi connectivity index (χ1n) is 40.5. The van der Waals surface area contributed by atoms with E-state index >= 15 is 0 Å². The molecule has 0 bridgehead atoms. The lowest BCUT2D eigenvalue weighted by atomic mass is 9.99. The minimum absolute atomic E-state index is 0. The minimum Gasteiger partial charge on any atom is -0.480 e. The number of hydrogen-bond donors (Lipinski definition) is 22. The first kappa shape index (κ1) is 107. The van der Waals surface area contributed by atoms with Crippen molar-refractivity contribution in [3.8, 4) is 5.75 Å². The lowest BCUT2D eigenvalue weighted by Gasteiger charge is -2.34. The number of nitrogens with zero attached hydrogens (tertiary/aromatic N) is 2. The Balaban J connectivity index is 0.0000488. The number of aliphatic carboxylic acids is 1. The second-order valence-electron chi connectivity index (χ2n) is 30.8. The third kappa shape index (κ3) is 36.0. The molecule has 2 fully saturated rings. The lowest BCUT2D eigenvalue weighted by Crippen LogP contribution is -2.64. The number of carbonyl (C=O) groups is 16. The molecule has 0 spiro atoms. The van der Waals surface area contributed by atoms with Gasteiger partial charge in [0.2, 0.25) is 82.7 Å². The van der Waals surface area contributed by atoms with Crippen LogP contribution < -0.4 is 80.8 Å². The van der Waals surface area contributed by atoms with E-state index in [4.69, 9.17) is 32.4 Å². The van der Waals surface area contributed by atoms with Crippen molar-refractivity contribution in [3.05, 3.63) is 23.8 Å². The number of unbranched alkanes of at least 4 members (excludes halogenated alkanes) is 10. The molecule has 1 aromatic rings. The summed E-state index contributed by atoms with van der Waals surface area (Å²) in [6.07, 6.45) is -3.21. The molecular weight excluding hydrogens is 1600 g/mol. The van der Waals surface area contributed by atoms with Gasteiger partial charge in [-0.2, -0.15) is 0 Å². The predicted molar refractivity (Wildman–Crippen MR) is 433 cm³/mol. The van der Waals surface area contributed by atoms with Crippen LogP contribution in [0.5, 0.6) is 5.75 Å². The number of rotatable bonds is 55. The number of nitrogens with two attached hydrogens (primary N) is 4. The van der Waals surface area contributed by atoms with Crippen LogP contribution in [0.2, 0.25) is 0 Å². The number of carbonyl (C=O) groups excluding carboxylic acids is 15. The van der Waals surface area contributed by atoms with Gasteiger partial charge in [-0.1, -0.05) is 98.0 Å². The van der Waals surface area contributed by atoms with E-state index in [1.54, 1.807) is 6.92 Å². The van der Waals surface area contributed by atoms with E-state index < -0.39 is 268 Å². The Kier molecular flexibility index (Phi) is 47.9. The van der Waals surface area contributed by atoms with Crippen molar-refractivity contribution >= 4 is 113 Å². The fourth-order valence-electron chi connectivity index (χ4n) is 13.3. The molecule has 1 aromatic carbocycles. The molecule has 43 heteroatoms. The molecule has 120 heavy (non-hydrogen) atoms. The van der Waals surface area contributed by atoms with E-state index in [1.807, 2.05) is 0 Å². The summed E-state index contributed by atoms with van der Waals surface area (Å²) in [6.45, 7) is 9.72. The van der Waals surface area contributed by atoms with Crippen LogP contribution >= 0.6 is 12.4 Å². The maximum absolute atomic E-state index is 15.0. The molecule has 14 amide bonds. The first-order chi connectivity index (χ1) is 56.0. The van der Waals surface area contributed by atoms with Crippen LogP contribution in [0.1, 0.15) is 190 Å². The van der Waals surface area contributed by atoms with Gasteiger partial charge in [-0.15, -0.1) is 12.4 Å². The summed E-state index contributed by atoms with van der Waals surface area (Å²) in [5.41, 5.74) is 21.8. The second kappa shape index (κ2) is 54.0. The zero-order chi connectivity index (χ0) is 89.7. The molecule has 19 atom stereocenters. The van der Waals surface area contributed by atoms with Crippen molar-refractivity contribution in [1.82, 2.24) is 57.7 Å². The number of hydrogen-bond acceptors (Lipinski definition) is 27. The Morgan fingerprint density at radius 3 is 1.66 bits per heavy atom. The number of anilines is 1. The number of β-amino-alcohol motifs (C(OH)–C–C–N with tert-alkyl or cyclic N) is 1. The van der Waals surface area contributed by atoms with E-state index in [1.165, 1.54) is 78.0 Å².